The highest BCUT2D eigenvalue weighted by molar-refractivity contribution is 7.13. The monoisotopic (exact) mass is 484 g/mol. The van der Waals surface area contributed by atoms with Gasteiger partial charge < -0.3 is 24.8 Å². The van der Waals surface area contributed by atoms with E-state index in [1.807, 2.05) is 43.0 Å². The summed E-state index contributed by atoms with van der Waals surface area (Å²) < 4.78 is 7.61. The number of hydrogen-bond donors (Lipinski definition) is 3. The number of nitrogens with one attached hydrogen (secondary N) is 1. The topological polar surface area (TPSA) is 83.7 Å². The molecule has 0 bridgehead atoms. The van der Waals surface area contributed by atoms with Gasteiger partial charge in [0, 0.05) is 28.1 Å². The van der Waals surface area contributed by atoms with Gasteiger partial charge >= 0.3 is 5.97 Å². The van der Waals surface area contributed by atoms with E-state index in [1.165, 1.54) is 11.1 Å². The van der Waals surface area contributed by atoms with Crippen molar-refractivity contribution in [3.63, 3.8) is 0 Å². The molecule has 0 fully saturated rings. The predicted molar refractivity (Wildman–Crippen MR) is 139 cm³/mol. The lowest BCUT2D eigenvalue weighted by atomic mass is 9.91. The Morgan fingerprint density at radius 1 is 1.26 bits per heavy atom. The molecule has 0 atom stereocenters. The molecule has 7 heteroatoms. The van der Waals surface area contributed by atoms with Crippen LogP contribution in [0.2, 0.25) is 0 Å². The molecule has 184 valence electrons. The number of aromatic nitrogens is 1. The third kappa shape index (κ3) is 5.54. The largest absolute Gasteiger partial charge is 0.496 e. The van der Waals surface area contributed by atoms with Gasteiger partial charge in [0.15, 0.2) is 0 Å². The molecule has 3 N–H and O–H groups in total. The number of carboxylic acid groups (broad SMARTS) is 1. The third-order valence-corrected chi connectivity index (χ3v) is 7.07. The van der Waals surface area contributed by atoms with Crippen LogP contribution in [0.5, 0.6) is 5.75 Å². The van der Waals surface area contributed by atoms with Gasteiger partial charge in [-0.25, -0.2) is 4.79 Å². The van der Waals surface area contributed by atoms with Crippen molar-refractivity contribution in [1.29, 1.82) is 0 Å². The predicted octanol–water partition coefficient (Wildman–Crippen LogP) is 5.32. The van der Waals surface area contributed by atoms with Crippen molar-refractivity contribution in [1.82, 2.24) is 9.88 Å². The Bertz CT molecular complexity index is 1120. The van der Waals surface area contributed by atoms with Gasteiger partial charge in [0.1, 0.15) is 11.4 Å². The first kappa shape index (κ1) is 26.0. The van der Waals surface area contributed by atoms with Crippen LogP contribution in [0.15, 0.2) is 35.7 Å². The van der Waals surface area contributed by atoms with Crippen LogP contribution >= 0.6 is 11.3 Å². The van der Waals surface area contributed by atoms with E-state index in [0.717, 1.165) is 40.3 Å². The van der Waals surface area contributed by atoms with Crippen LogP contribution in [0.4, 0.5) is 0 Å². The zero-order valence-electron chi connectivity index (χ0n) is 20.9. The van der Waals surface area contributed by atoms with E-state index in [1.54, 1.807) is 18.4 Å². The molecule has 34 heavy (non-hydrogen) atoms. The molecule has 0 unspecified atom stereocenters. The quantitative estimate of drug-likeness (QED) is 0.423. The fraction of sp³-hybridized carbons (Fsp3) is 0.444. The number of benzene rings is 1. The summed E-state index contributed by atoms with van der Waals surface area (Å²) in [6.07, 6.45) is 1.73. The Kier molecular flexibility index (Phi) is 8.23. The molecule has 1 aromatic carbocycles. The molecule has 1 aliphatic heterocycles. The maximum Gasteiger partial charge on any atom is 0.352 e. The lowest BCUT2D eigenvalue weighted by Gasteiger charge is -2.24. The smallest absolute Gasteiger partial charge is 0.352 e. The maximum atomic E-state index is 11.8. The summed E-state index contributed by atoms with van der Waals surface area (Å²) in [6.45, 7) is 9.12. The van der Waals surface area contributed by atoms with Gasteiger partial charge in [-0.1, -0.05) is 19.9 Å². The summed E-state index contributed by atoms with van der Waals surface area (Å²) in [5.41, 5.74) is 5.80. The molecule has 0 amide bonds. The van der Waals surface area contributed by atoms with Gasteiger partial charge in [-0.3, -0.25) is 0 Å². The Morgan fingerprint density at radius 2 is 2.00 bits per heavy atom. The fourth-order valence-corrected chi connectivity index (χ4v) is 4.81. The summed E-state index contributed by atoms with van der Waals surface area (Å²) in [4.78, 5) is 12.9. The zero-order chi connectivity index (χ0) is 25.0. The first-order chi connectivity index (χ1) is 16.1. The van der Waals surface area contributed by atoms with Crippen LogP contribution < -0.4 is 10.1 Å². The molecule has 4 rings (SSSR count). The lowest BCUT2D eigenvalue weighted by Crippen LogP contribution is -2.39. The number of methoxy groups -OCH3 is 1. The molecule has 0 saturated carbocycles. The molecule has 3 aromatic rings. The number of hydrogen-bond acceptors (Lipinski definition) is 5. The van der Waals surface area contributed by atoms with E-state index in [-0.39, 0.29) is 12.1 Å². The normalized spacial score (nSPS) is 12.6. The molecular formula is C27H36N2O4S. The number of rotatable bonds is 7. The molecule has 6 nitrogen and oxygen atoms in total. The summed E-state index contributed by atoms with van der Waals surface area (Å²) in [5, 5.41) is 23.2. The Balaban J connectivity index is 0.000000406. The van der Waals surface area contributed by atoms with Crippen LogP contribution in [-0.4, -0.2) is 47.1 Å². The number of ether oxygens (including phenoxy) is 1. The molecule has 0 aliphatic carbocycles. The zero-order valence-corrected chi connectivity index (χ0v) is 21.8. The average molecular weight is 485 g/mol. The first-order valence-electron chi connectivity index (χ1n) is 11.6. The maximum absolute atomic E-state index is 11.8. The van der Waals surface area contributed by atoms with Gasteiger partial charge in [0.25, 0.3) is 0 Å². The highest BCUT2D eigenvalue weighted by atomic mass is 32.1. The van der Waals surface area contributed by atoms with Crippen LogP contribution in [0.3, 0.4) is 0 Å². The van der Waals surface area contributed by atoms with Crippen LogP contribution in [0.25, 0.3) is 21.7 Å². The second kappa shape index (κ2) is 10.8. The standard InChI is InChI=1S/C22H23NO3S.C5H13NO/c1-13(2)9-15-10-16-14(11-19(15)26-3)6-7-23-18(22(24)25)12-17(21(16)23)20-5-4-8-27-20;1-5(2,4-7)6-3/h4-5,8,10-13H,6-7,9H2,1-3H3,(H,24,25);6-7H,4H2,1-3H3. The number of carbonyl (C=O) groups is 1. The SMILES string of the molecule is CNC(C)(C)CO.COc1cc2c(cc1CC(C)C)-c1c(-c3cccs3)cc(C(=O)O)n1CC2. The van der Waals surface area contributed by atoms with E-state index >= 15 is 0 Å². The molecule has 0 saturated heterocycles. The van der Waals surface area contributed by atoms with Gasteiger partial charge in [0.2, 0.25) is 0 Å². The first-order valence-corrected chi connectivity index (χ1v) is 12.5. The number of aliphatic hydroxyl groups is 1. The number of thiophene rings is 1. The van der Waals surface area contributed by atoms with Crippen LogP contribution in [0, 0.1) is 5.92 Å². The number of aryl methyl sites for hydroxylation is 1. The second-order valence-electron chi connectivity index (χ2n) is 9.69. The van der Waals surface area contributed by atoms with Crippen molar-refractivity contribution in [2.45, 2.75) is 52.6 Å². The van der Waals surface area contributed by atoms with E-state index in [4.69, 9.17) is 9.84 Å². The number of carboxylic acids is 1. The molecule has 0 radical (unpaired) electrons. The van der Waals surface area contributed by atoms with E-state index in [0.29, 0.717) is 18.2 Å². The average Bonchev–Trinajstić information content (AvgIpc) is 3.46. The minimum atomic E-state index is -0.876. The van der Waals surface area contributed by atoms with Crippen LogP contribution in [0.1, 0.15) is 49.3 Å². The van der Waals surface area contributed by atoms with Crippen molar-refractivity contribution >= 4 is 17.3 Å². The molecule has 0 spiro atoms. The highest BCUT2D eigenvalue weighted by Gasteiger charge is 2.28. The Hall–Kier alpha value is -2.61. The number of fused-ring (bicyclic) bond motifs is 3. The van der Waals surface area contributed by atoms with Crippen molar-refractivity contribution in [2.24, 2.45) is 5.92 Å². The molecule has 2 aromatic heterocycles. The lowest BCUT2D eigenvalue weighted by molar-refractivity contribution is 0.0685. The fourth-order valence-electron chi connectivity index (χ4n) is 4.06. The molecule has 3 heterocycles. The van der Waals surface area contributed by atoms with E-state index in [9.17, 15) is 9.90 Å². The minimum Gasteiger partial charge on any atom is -0.496 e. The Labute approximate surface area is 206 Å². The second-order valence-corrected chi connectivity index (χ2v) is 10.6. The molecule has 1 aliphatic rings. The van der Waals surface area contributed by atoms with E-state index in [2.05, 4.69) is 37.4 Å². The number of nitrogens with zero attached hydrogens (tertiary/aromatic N) is 1. The summed E-state index contributed by atoms with van der Waals surface area (Å²) in [7, 11) is 3.55. The van der Waals surface area contributed by atoms with Gasteiger partial charge in [-0.15, -0.1) is 11.3 Å². The van der Waals surface area contributed by atoms with Gasteiger partial charge in [-0.05, 0) is 80.4 Å². The van der Waals surface area contributed by atoms with Crippen molar-refractivity contribution < 1.29 is 19.7 Å². The summed E-state index contributed by atoms with van der Waals surface area (Å²) in [6, 6.07) is 10.2. The third-order valence-electron chi connectivity index (χ3n) is 6.17. The number of aromatic carboxylic acids is 1. The van der Waals surface area contributed by atoms with E-state index < -0.39 is 5.97 Å². The van der Waals surface area contributed by atoms with Crippen molar-refractivity contribution in [2.75, 3.05) is 20.8 Å². The Morgan fingerprint density at radius 3 is 2.50 bits per heavy atom. The van der Waals surface area contributed by atoms with Crippen molar-refractivity contribution in [3.8, 4) is 27.4 Å². The van der Waals surface area contributed by atoms with Crippen molar-refractivity contribution in [3.05, 3.63) is 52.5 Å². The highest BCUT2D eigenvalue weighted by Crippen LogP contribution is 2.43. The number of aliphatic hydroxyl groups excluding tert-OH is 1. The van der Waals surface area contributed by atoms with Gasteiger partial charge in [-0.2, -0.15) is 0 Å². The van der Waals surface area contributed by atoms with Gasteiger partial charge in [0.05, 0.1) is 19.4 Å². The summed E-state index contributed by atoms with van der Waals surface area (Å²) >= 11 is 1.64. The molecular weight excluding hydrogens is 448 g/mol. The minimum absolute atomic E-state index is 0.111. The van der Waals surface area contributed by atoms with Crippen LogP contribution in [-0.2, 0) is 19.4 Å². The summed E-state index contributed by atoms with van der Waals surface area (Å²) in [5.74, 6) is 0.565. The number of likely N-dealkylation sites (N-methyl/N-ethyl adjacent to an activating group) is 1.